The van der Waals surface area contributed by atoms with Crippen molar-refractivity contribution in [2.24, 2.45) is 5.10 Å². The summed E-state index contributed by atoms with van der Waals surface area (Å²) >= 11 is 0. The van der Waals surface area contributed by atoms with E-state index in [0.29, 0.717) is 29.7 Å². The van der Waals surface area contributed by atoms with Crippen molar-refractivity contribution in [2.75, 3.05) is 26.3 Å². The predicted molar refractivity (Wildman–Crippen MR) is 152 cm³/mol. The number of pyridine rings is 1. The van der Waals surface area contributed by atoms with E-state index in [1.54, 1.807) is 30.3 Å². The van der Waals surface area contributed by atoms with Crippen molar-refractivity contribution < 1.29 is 23.1 Å². The first kappa shape index (κ1) is 27.3. The van der Waals surface area contributed by atoms with Crippen molar-refractivity contribution in [3.05, 3.63) is 99.3 Å². The molecule has 0 unspecified atom stereocenters. The summed E-state index contributed by atoms with van der Waals surface area (Å²) < 4.78 is 33.7. The SMILES string of the molecule is Cc1ccc(-n2c(O)c(/C=N/NC(=O)c3cccc(S(=O)(=O)N4CCOCC4)c3)c3ccccc3c2=O)cc1C. The zero-order valence-corrected chi connectivity index (χ0v) is 22.8. The molecule has 1 fully saturated rings. The Labute approximate surface area is 231 Å². The molecule has 3 aromatic carbocycles. The number of nitrogens with one attached hydrogen (secondary N) is 1. The van der Waals surface area contributed by atoms with E-state index >= 15 is 0 Å². The molecule has 40 heavy (non-hydrogen) atoms. The van der Waals surface area contributed by atoms with Gasteiger partial charge in [0.2, 0.25) is 15.9 Å². The van der Waals surface area contributed by atoms with Crippen LogP contribution in [-0.2, 0) is 14.8 Å². The van der Waals surface area contributed by atoms with Gasteiger partial charge in [0.05, 0.1) is 35.6 Å². The third-order valence-electron chi connectivity index (χ3n) is 6.92. The van der Waals surface area contributed by atoms with Gasteiger partial charge in [0.1, 0.15) is 0 Å². The van der Waals surface area contributed by atoms with Gasteiger partial charge in [0, 0.05) is 29.4 Å². The molecule has 10 nitrogen and oxygen atoms in total. The normalized spacial score (nSPS) is 14.6. The van der Waals surface area contributed by atoms with Gasteiger partial charge in [-0.1, -0.05) is 30.3 Å². The number of amides is 1. The van der Waals surface area contributed by atoms with Crippen LogP contribution in [0, 0.1) is 13.8 Å². The fourth-order valence-corrected chi connectivity index (χ4v) is 6.00. The molecule has 0 radical (unpaired) electrons. The second-order valence-corrected chi connectivity index (χ2v) is 11.4. The van der Waals surface area contributed by atoms with Crippen molar-refractivity contribution in [1.82, 2.24) is 14.3 Å². The van der Waals surface area contributed by atoms with Crippen LogP contribution in [0.2, 0.25) is 0 Å². The summed E-state index contributed by atoms with van der Waals surface area (Å²) in [5, 5.41) is 16.1. The summed E-state index contributed by atoms with van der Waals surface area (Å²) in [7, 11) is -3.78. The predicted octanol–water partition coefficient (Wildman–Crippen LogP) is 3.10. The Morgan fingerprint density at radius 1 is 0.975 bits per heavy atom. The van der Waals surface area contributed by atoms with Gasteiger partial charge < -0.3 is 9.84 Å². The van der Waals surface area contributed by atoms with Crippen LogP contribution >= 0.6 is 0 Å². The first-order valence-electron chi connectivity index (χ1n) is 12.6. The molecular formula is C29H28N4O6S. The maximum absolute atomic E-state index is 13.3. The van der Waals surface area contributed by atoms with Crippen LogP contribution in [0.3, 0.4) is 0 Å². The average Bonchev–Trinajstić information content (AvgIpc) is 2.97. The number of fused-ring (bicyclic) bond motifs is 1. The van der Waals surface area contributed by atoms with Gasteiger partial charge in [-0.25, -0.2) is 18.4 Å². The Balaban J connectivity index is 1.46. The van der Waals surface area contributed by atoms with Gasteiger partial charge in [0.25, 0.3) is 11.5 Å². The second-order valence-electron chi connectivity index (χ2n) is 9.44. The first-order valence-corrected chi connectivity index (χ1v) is 14.1. The number of aromatic nitrogens is 1. The largest absolute Gasteiger partial charge is 0.494 e. The summed E-state index contributed by atoms with van der Waals surface area (Å²) in [5.74, 6) is -0.967. The summed E-state index contributed by atoms with van der Waals surface area (Å²) in [6, 6.07) is 17.9. The van der Waals surface area contributed by atoms with Gasteiger partial charge in [-0.05, 0) is 61.4 Å². The van der Waals surface area contributed by atoms with Crippen LogP contribution in [0.25, 0.3) is 16.5 Å². The van der Waals surface area contributed by atoms with Crippen LogP contribution in [0.15, 0.2) is 81.5 Å². The fraction of sp³-hybridized carbons (Fsp3) is 0.207. The minimum Gasteiger partial charge on any atom is -0.494 e. The number of aryl methyl sites for hydroxylation is 2. The number of morpholine rings is 1. The highest BCUT2D eigenvalue weighted by Gasteiger charge is 2.27. The zero-order chi connectivity index (χ0) is 28.4. The van der Waals surface area contributed by atoms with Crippen molar-refractivity contribution in [2.45, 2.75) is 18.7 Å². The Morgan fingerprint density at radius 3 is 2.42 bits per heavy atom. The Hall–Kier alpha value is -4.32. The minimum absolute atomic E-state index is 0.00450. The molecule has 1 amide bonds. The Bertz CT molecular complexity index is 1810. The molecule has 2 heterocycles. The van der Waals surface area contributed by atoms with E-state index in [1.807, 2.05) is 26.0 Å². The number of rotatable bonds is 6. The monoisotopic (exact) mass is 560 g/mol. The minimum atomic E-state index is -3.78. The number of sulfonamides is 1. The maximum atomic E-state index is 13.3. The van der Waals surface area contributed by atoms with Gasteiger partial charge in [-0.2, -0.15) is 9.41 Å². The van der Waals surface area contributed by atoms with Gasteiger partial charge in [-0.3, -0.25) is 9.59 Å². The van der Waals surface area contributed by atoms with Crippen molar-refractivity contribution in [1.29, 1.82) is 0 Å². The molecule has 2 N–H and O–H groups in total. The van der Waals surface area contributed by atoms with E-state index in [9.17, 15) is 23.1 Å². The molecule has 0 spiro atoms. The molecule has 0 saturated carbocycles. The lowest BCUT2D eigenvalue weighted by atomic mass is 10.1. The van der Waals surface area contributed by atoms with E-state index in [-0.39, 0.29) is 35.0 Å². The molecular weight excluding hydrogens is 532 g/mol. The van der Waals surface area contributed by atoms with Crippen molar-refractivity contribution in [3.63, 3.8) is 0 Å². The number of hydrogen-bond donors (Lipinski definition) is 2. The number of carbonyl (C=O) groups excluding carboxylic acids is 1. The number of benzene rings is 3. The standard InChI is InChI=1S/C29H28N4O6S/c1-19-10-11-22(16-20(19)2)33-28(35)25-9-4-3-8-24(25)26(29(33)36)18-30-31-27(34)21-6-5-7-23(17-21)40(37,38)32-12-14-39-15-13-32/h3-11,16-18,36H,12-15H2,1-2H3,(H,31,34)/b30-18+. The van der Waals surface area contributed by atoms with Gasteiger partial charge >= 0.3 is 0 Å². The van der Waals surface area contributed by atoms with E-state index in [2.05, 4.69) is 10.5 Å². The number of aromatic hydroxyl groups is 1. The topological polar surface area (TPSA) is 130 Å². The summed E-state index contributed by atoms with van der Waals surface area (Å²) in [6.07, 6.45) is 1.26. The number of nitrogens with zero attached hydrogens (tertiary/aromatic N) is 3. The van der Waals surface area contributed by atoms with Crippen LogP contribution < -0.4 is 11.0 Å². The lowest BCUT2D eigenvalue weighted by Crippen LogP contribution is -2.40. The zero-order valence-electron chi connectivity index (χ0n) is 22.0. The Morgan fingerprint density at radius 2 is 1.70 bits per heavy atom. The molecule has 4 aromatic rings. The number of hydrogen-bond acceptors (Lipinski definition) is 7. The highest BCUT2D eigenvalue weighted by atomic mass is 32.2. The van der Waals surface area contributed by atoms with Crippen molar-refractivity contribution >= 4 is 32.9 Å². The highest BCUT2D eigenvalue weighted by molar-refractivity contribution is 7.89. The molecule has 0 atom stereocenters. The van der Waals surface area contributed by atoms with E-state index in [0.717, 1.165) is 11.1 Å². The van der Waals surface area contributed by atoms with Gasteiger partial charge in [-0.15, -0.1) is 0 Å². The number of ether oxygens (including phenoxy) is 1. The highest BCUT2D eigenvalue weighted by Crippen LogP contribution is 2.26. The number of hydrazone groups is 1. The van der Waals surface area contributed by atoms with Crippen LogP contribution in [0.5, 0.6) is 5.88 Å². The second kappa shape index (κ2) is 11.0. The third-order valence-corrected chi connectivity index (χ3v) is 8.81. The van der Waals surface area contributed by atoms with Crippen molar-refractivity contribution in [3.8, 4) is 11.6 Å². The molecule has 1 aromatic heterocycles. The average molecular weight is 561 g/mol. The molecule has 1 saturated heterocycles. The fourth-order valence-electron chi connectivity index (χ4n) is 4.55. The molecule has 11 heteroatoms. The third kappa shape index (κ3) is 5.14. The summed E-state index contributed by atoms with van der Waals surface area (Å²) in [6.45, 7) is 4.98. The molecule has 1 aliphatic heterocycles. The van der Waals surface area contributed by atoms with Crippen LogP contribution in [-0.4, -0.2) is 60.8 Å². The maximum Gasteiger partial charge on any atom is 0.271 e. The molecule has 0 bridgehead atoms. The Kier molecular flexibility index (Phi) is 7.53. The van der Waals surface area contributed by atoms with E-state index in [4.69, 9.17) is 4.74 Å². The van der Waals surface area contributed by atoms with Gasteiger partial charge in [0.15, 0.2) is 0 Å². The summed E-state index contributed by atoms with van der Waals surface area (Å²) in [5.41, 5.74) is 4.82. The smallest absolute Gasteiger partial charge is 0.271 e. The van der Waals surface area contributed by atoms with Crippen LogP contribution in [0.1, 0.15) is 27.0 Å². The molecule has 5 rings (SSSR count). The number of carbonyl (C=O) groups is 1. The molecule has 0 aliphatic carbocycles. The lowest BCUT2D eigenvalue weighted by Gasteiger charge is -2.26. The lowest BCUT2D eigenvalue weighted by molar-refractivity contribution is 0.0730. The molecule has 1 aliphatic rings. The quantitative estimate of drug-likeness (QED) is 0.275. The summed E-state index contributed by atoms with van der Waals surface area (Å²) in [4.78, 5) is 26.2. The van der Waals surface area contributed by atoms with E-state index < -0.39 is 21.5 Å². The molecule has 206 valence electrons. The van der Waals surface area contributed by atoms with Crippen LogP contribution in [0.4, 0.5) is 0 Å². The van der Waals surface area contributed by atoms with E-state index in [1.165, 1.54) is 39.4 Å². The first-order chi connectivity index (χ1) is 19.2.